The van der Waals surface area contributed by atoms with E-state index in [-0.39, 0.29) is 12.6 Å². The van der Waals surface area contributed by atoms with E-state index in [2.05, 4.69) is 16.6 Å². The SMILES string of the molecule is C#Cc1ccc(C(C(=O)NC(C)CCC)N(CC#N)C(=O)C(CCSC)NC(=O)OC(C)(C)C)cc1. The van der Waals surface area contributed by atoms with Crippen molar-refractivity contribution in [3.05, 3.63) is 35.4 Å². The maximum absolute atomic E-state index is 13.8. The number of carbonyl (C=O) groups excluding carboxylic acids is 3. The van der Waals surface area contributed by atoms with Crippen molar-refractivity contribution in [3.63, 3.8) is 0 Å². The predicted octanol–water partition coefficient (Wildman–Crippen LogP) is 4.01. The van der Waals surface area contributed by atoms with Gasteiger partial charge >= 0.3 is 6.09 Å². The Morgan fingerprint density at radius 1 is 1.17 bits per heavy atom. The fourth-order valence-corrected chi connectivity index (χ4v) is 4.05. The molecule has 9 heteroatoms. The van der Waals surface area contributed by atoms with Gasteiger partial charge in [0.1, 0.15) is 24.2 Å². The van der Waals surface area contributed by atoms with Crippen LogP contribution in [0.5, 0.6) is 0 Å². The third-order valence-electron chi connectivity index (χ3n) is 5.19. The molecule has 3 unspecified atom stereocenters. The Labute approximate surface area is 219 Å². The molecule has 1 aromatic carbocycles. The van der Waals surface area contributed by atoms with E-state index in [1.807, 2.05) is 26.2 Å². The largest absolute Gasteiger partial charge is 0.444 e. The molecular weight excluding hydrogens is 476 g/mol. The van der Waals surface area contributed by atoms with Crippen LogP contribution in [-0.2, 0) is 14.3 Å². The van der Waals surface area contributed by atoms with Crippen LogP contribution in [0.2, 0.25) is 0 Å². The van der Waals surface area contributed by atoms with E-state index in [1.54, 1.807) is 45.0 Å². The van der Waals surface area contributed by atoms with Crippen LogP contribution in [-0.4, -0.2) is 59.0 Å². The van der Waals surface area contributed by atoms with E-state index in [0.29, 0.717) is 23.3 Å². The molecule has 0 aliphatic rings. The monoisotopic (exact) mass is 514 g/mol. The molecule has 3 atom stereocenters. The van der Waals surface area contributed by atoms with Crippen LogP contribution < -0.4 is 10.6 Å². The molecule has 0 heterocycles. The van der Waals surface area contributed by atoms with Crippen LogP contribution in [0.15, 0.2) is 24.3 Å². The van der Waals surface area contributed by atoms with Crippen molar-refractivity contribution in [2.24, 2.45) is 0 Å². The number of nitrogens with one attached hydrogen (secondary N) is 2. The minimum absolute atomic E-state index is 0.124. The molecule has 2 N–H and O–H groups in total. The lowest BCUT2D eigenvalue weighted by Crippen LogP contribution is -2.53. The Bertz CT molecular complexity index is 960. The zero-order valence-electron chi connectivity index (χ0n) is 22.1. The topological polar surface area (TPSA) is 112 Å². The summed E-state index contributed by atoms with van der Waals surface area (Å²) in [6.45, 7) is 8.74. The van der Waals surface area contributed by atoms with Crippen LogP contribution in [0.3, 0.4) is 0 Å². The van der Waals surface area contributed by atoms with Crippen molar-refractivity contribution in [2.45, 2.75) is 77.6 Å². The number of amides is 3. The zero-order valence-corrected chi connectivity index (χ0v) is 22.9. The lowest BCUT2D eigenvalue weighted by molar-refractivity contribution is -0.142. The lowest BCUT2D eigenvalue weighted by atomic mass is 10.0. The molecule has 3 amide bonds. The summed E-state index contributed by atoms with van der Waals surface area (Å²) < 4.78 is 5.35. The Kier molecular flexibility index (Phi) is 12.9. The molecule has 0 radical (unpaired) electrons. The Hall–Kier alpha value is -3.17. The van der Waals surface area contributed by atoms with Gasteiger partial charge in [-0.25, -0.2) is 4.79 Å². The van der Waals surface area contributed by atoms with Gasteiger partial charge in [0, 0.05) is 11.6 Å². The second kappa shape index (κ2) is 15.1. The highest BCUT2D eigenvalue weighted by molar-refractivity contribution is 7.98. The van der Waals surface area contributed by atoms with E-state index < -0.39 is 35.6 Å². The first-order chi connectivity index (χ1) is 17.0. The van der Waals surface area contributed by atoms with Crippen molar-refractivity contribution < 1.29 is 19.1 Å². The molecule has 0 saturated carbocycles. The highest BCUT2D eigenvalue weighted by Gasteiger charge is 2.36. The van der Waals surface area contributed by atoms with Crippen molar-refractivity contribution in [1.82, 2.24) is 15.5 Å². The summed E-state index contributed by atoms with van der Waals surface area (Å²) in [5.41, 5.74) is 0.389. The molecule has 1 aromatic rings. The summed E-state index contributed by atoms with van der Waals surface area (Å²) in [7, 11) is 0. The second-order valence-electron chi connectivity index (χ2n) is 9.47. The van der Waals surface area contributed by atoms with Gasteiger partial charge in [0.05, 0.1) is 6.07 Å². The third-order valence-corrected chi connectivity index (χ3v) is 5.83. The van der Waals surface area contributed by atoms with Gasteiger partial charge in [-0.15, -0.1) is 6.42 Å². The molecule has 0 aromatic heterocycles. The number of terminal acetylenes is 1. The summed E-state index contributed by atoms with van der Waals surface area (Å²) >= 11 is 1.52. The number of hydrogen-bond acceptors (Lipinski definition) is 6. The minimum Gasteiger partial charge on any atom is -0.444 e. The Balaban J connectivity index is 3.43. The molecular formula is C27H38N4O4S. The molecule has 196 valence electrons. The molecule has 0 aliphatic heterocycles. The molecule has 1 rings (SSSR count). The van der Waals surface area contributed by atoms with Crippen molar-refractivity contribution in [2.75, 3.05) is 18.6 Å². The maximum Gasteiger partial charge on any atom is 0.408 e. The van der Waals surface area contributed by atoms with Crippen molar-refractivity contribution in [1.29, 1.82) is 5.26 Å². The number of rotatable bonds is 12. The van der Waals surface area contributed by atoms with Crippen molar-refractivity contribution >= 4 is 29.7 Å². The summed E-state index contributed by atoms with van der Waals surface area (Å²) in [6.07, 6.45) is 8.56. The molecule has 0 bridgehead atoms. The van der Waals surface area contributed by atoms with Gasteiger partial charge in [-0.1, -0.05) is 31.4 Å². The van der Waals surface area contributed by atoms with E-state index >= 15 is 0 Å². The average molecular weight is 515 g/mol. The normalized spacial score (nSPS) is 13.3. The number of thioether (sulfide) groups is 1. The van der Waals surface area contributed by atoms with Crippen molar-refractivity contribution in [3.8, 4) is 18.4 Å². The molecule has 0 spiro atoms. The van der Waals surface area contributed by atoms with Crippen LogP contribution >= 0.6 is 11.8 Å². The first kappa shape index (κ1) is 30.9. The minimum atomic E-state index is -1.08. The Morgan fingerprint density at radius 3 is 2.31 bits per heavy atom. The standard InChI is InChI=1S/C27H38N4O4S/c1-8-10-19(3)29-24(32)23(21-13-11-20(9-2)12-14-21)31(17-16-28)25(33)22(15-18-36-7)30-26(34)35-27(4,5)6/h2,11-14,19,22-23H,8,10,15,17-18H2,1,3-7H3,(H,29,32)(H,30,34). The van der Waals surface area contributed by atoms with E-state index in [1.165, 1.54) is 16.7 Å². The van der Waals surface area contributed by atoms with Gasteiger partial charge in [0.15, 0.2) is 0 Å². The van der Waals surface area contributed by atoms with E-state index in [9.17, 15) is 19.6 Å². The number of nitriles is 1. The summed E-state index contributed by atoms with van der Waals surface area (Å²) in [5, 5.41) is 15.2. The fraction of sp³-hybridized carbons (Fsp3) is 0.556. The van der Waals surface area contributed by atoms with Crippen LogP contribution in [0, 0.1) is 23.7 Å². The Morgan fingerprint density at radius 2 is 1.81 bits per heavy atom. The van der Waals surface area contributed by atoms with Crippen LogP contribution in [0.1, 0.15) is 71.0 Å². The van der Waals surface area contributed by atoms with Crippen LogP contribution in [0.25, 0.3) is 0 Å². The lowest BCUT2D eigenvalue weighted by Gasteiger charge is -2.33. The van der Waals surface area contributed by atoms with Gasteiger partial charge in [-0.3, -0.25) is 9.59 Å². The molecule has 0 saturated heterocycles. The molecule has 0 aliphatic carbocycles. The summed E-state index contributed by atoms with van der Waals surface area (Å²) in [4.78, 5) is 41.0. The van der Waals surface area contributed by atoms with Gasteiger partial charge in [-0.2, -0.15) is 17.0 Å². The number of benzene rings is 1. The summed E-state index contributed by atoms with van der Waals surface area (Å²) in [6, 6.07) is 6.55. The number of hydrogen-bond donors (Lipinski definition) is 2. The highest BCUT2D eigenvalue weighted by atomic mass is 32.2. The van der Waals surface area contributed by atoms with Gasteiger partial charge in [-0.05, 0) is 70.2 Å². The highest BCUT2D eigenvalue weighted by Crippen LogP contribution is 2.24. The van der Waals surface area contributed by atoms with E-state index in [4.69, 9.17) is 11.2 Å². The number of carbonyl (C=O) groups is 3. The number of nitrogens with zero attached hydrogens (tertiary/aromatic N) is 2. The first-order valence-electron chi connectivity index (χ1n) is 12.0. The summed E-state index contributed by atoms with van der Waals surface area (Å²) in [5.74, 6) is 2.16. The third kappa shape index (κ3) is 10.2. The number of alkyl carbamates (subject to hydrolysis) is 1. The smallest absolute Gasteiger partial charge is 0.408 e. The maximum atomic E-state index is 13.8. The molecule has 0 fully saturated rings. The van der Waals surface area contributed by atoms with E-state index in [0.717, 1.165) is 12.8 Å². The fourth-order valence-electron chi connectivity index (χ4n) is 3.58. The first-order valence-corrected chi connectivity index (χ1v) is 13.4. The number of ether oxygens (including phenoxy) is 1. The van der Waals surface area contributed by atoms with Gasteiger partial charge in [0.2, 0.25) is 11.8 Å². The second-order valence-corrected chi connectivity index (χ2v) is 10.5. The quantitative estimate of drug-likeness (QED) is 0.322. The zero-order chi connectivity index (χ0) is 27.3. The van der Waals surface area contributed by atoms with Crippen LogP contribution in [0.4, 0.5) is 4.79 Å². The van der Waals surface area contributed by atoms with Gasteiger partial charge in [0.25, 0.3) is 0 Å². The van der Waals surface area contributed by atoms with Gasteiger partial charge < -0.3 is 20.3 Å². The molecule has 8 nitrogen and oxygen atoms in total. The molecule has 36 heavy (non-hydrogen) atoms. The average Bonchev–Trinajstić information content (AvgIpc) is 2.80. The predicted molar refractivity (Wildman–Crippen MR) is 143 cm³/mol.